The van der Waals surface area contributed by atoms with E-state index in [9.17, 15) is 14.7 Å². The minimum Gasteiger partial charge on any atom is -0.493 e. The fraction of sp³-hybridized carbons (Fsp3) is 0.500. The Bertz CT molecular complexity index is 1120. The van der Waals surface area contributed by atoms with Gasteiger partial charge in [-0.1, -0.05) is 30.3 Å². The van der Waals surface area contributed by atoms with Crippen molar-refractivity contribution in [3.05, 3.63) is 54.1 Å². The molecule has 36 heavy (non-hydrogen) atoms. The number of carbonyl (C=O) groups excluding carboxylic acids is 1. The van der Waals surface area contributed by atoms with Crippen molar-refractivity contribution >= 4 is 17.6 Å². The molecule has 4 atom stereocenters. The summed E-state index contributed by atoms with van der Waals surface area (Å²) in [6.07, 6.45) is 1.81. The largest absolute Gasteiger partial charge is 0.493 e. The lowest BCUT2D eigenvalue weighted by molar-refractivity contribution is -0.187. The summed E-state index contributed by atoms with van der Waals surface area (Å²) >= 11 is 0. The number of carbonyl (C=O) groups is 2. The standard InChI is InChI=1S/C28H34N2O6/c1-28(2)21-14-18-15-29(16-24(31)30(17-25(32)33)19-8-5-4-6-9-19)13-12-22(18)35-26(21)20-10-7-11-23(34-3)27(20)36-28/h4-11,18,21-22,26H,12-17H2,1-3H3,(H,32,33)/t18-,21+,22+,26-/m0/s1. The minimum absolute atomic E-state index is 0.0579. The Morgan fingerprint density at radius 3 is 2.67 bits per heavy atom. The van der Waals surface area contributed by atoms with Gasteiger partial charge in [0.25, 0.3) is 0 Å². The fourth-order valence-corrected chi connectivity index (χ4v) is 6.02. The van der Waals surface area contributed by atoms with Crippen molar-refractivity contribution in [1.82, 2.24) is 4.90 Å². The van der Waals surface area contributed by atoms with Gasteiger partial charge in [0.15, 0.2) is 11.5 Å². The fourth-order valence-electron chi connectivity index (χ4n) is 6.02. The maximum absolute atomic E-state index is 13.2. The quantitative estimate of drug-likeness (QED) is 0.654. The molecule has 8 heteroatoms. The van der Waals surface area contributed by atoms with E-state index in [2.05, 4.69) is 24.8 Å². The van der Waals surface area contributed by atoms with Gasteiger partial charge in [-0.2, -0.15) is 0 Å². The van der Waals surface area contributed by atoms with Crippen LogP contribution in [0, 0.1) is 11.8 Å². The van der Waals surface area contributed by atoms with Crippen molar-refractivity contribution in [3.8, 4) is 11.5 Å². The highest BCUT2D eigenvalue weighted by atomic mass is 16.5. The number of fused-ring (bicyclic) bond motifs is 4. The summed E-state index contributed by atoms with van der Waals surface area (Å²) in [5.74, 6) is 0.692. The monoisotopic (exact) mass is 494 g/mol. The predicted octanol–water partition coefficient (Wildman–Crippen LogP) is 3.75. The lowest BCUT2D eigenvalue weighted by Gasteiger charge is -2.53. The van der Waals surface area contributed by atoms with Gasteiger partial charge in [0.2, 0.25) is 5.91 Å². The Hall–Kier alpha value is -3.10. The number of nitrogens with zero attached hydrogens (tertiary/aromatic N) is 2. The molecule has 0 spiro atoms. The molecule has 2 aromatic carbocycles. The van der Waals surface area contributed by atoms with Crippen LogP contribution in [0.5, 0.6) is 11.5 Å². The summed E-state index contributed by atoms with van der Waals surface area (Å²) in [7, 11) is 1.65. The van der Waals surface area contributed by atoms with Crippen molar-refractivity contribution in [2.45, 2.75) is 44.5 Å². The molecule has 1 amide bonds. The molecule has 2 aromatic rings. The zero-order valence-electron chi connectivity index (χ0n) is 21.1. The Kier molecular flexibility index (Phi) is 6.66. The van der Waals surface area contributed by atoms with E-state index in [0.717, 1.165) is 43.0 Å². The normalized spacial score (nSPS) is 26.5. The molecule has 8 nitrogen and oxygen atoms in total. The van der Waals surface area contributed by atoms with Crippen molar-refractivity contribution in [1.29, 1.82) is 0 Å². The van der Waals surface area contributed by atoms with Crippen LogP contribution in [0.1, 0.15) is 38.4 Å². The van der Waals surface area contributed by atoms with Crippen molar-refractivity contribution < 1.29 is 28.9 Å². The van der Waals surface area contributed by atoms with Gasteiger partial charge in [-0.15, -0.1) is 0 Å². The second kappa shape index (κ2) is 9.75. The van der Waals surface area contributed by atoms with Gasteiger partial charge in [0.1, 0.15) is 12.1 Å². The number of likely N-dealkylation sites (tertiary alicyclic amines) is 1. The number of ether oxygens (including phenoxy) is 3. The van der Waals surface area contributed by atoms with E-state index in [1.54, 1.807) is 31.4 Å². The van der Waals surface area contributed by atoms with E-state index in [4.69, 9.17) is 14.2 Å². The van der Waals surface area contributed by atoms with Crippen LogP contribution in [0.2, 0.25) is 0 Å². The molecule has 0 saturated carbocycles. The first-order valence-electron chi connectivity index (χ1n) is 12.6. The van der Waals surface area contributed by atoms with Gasteiger partial charge in [-0.05, 0) is 50.8 Å². The van der Waals surface area contributed by atoms with E-state index in [1.165, 1.54) is 4.90 Å². The molecule has 3 aliphatic rings. The summed E-state index contributed by atoms with van der Waals surface area (Å²) in [4.78, 5) is 28.1. The van der Waals surface area contributed by atoms with Gasteiger partial charge in [0.05, 0.1) is 25.9 Å². The molecule has 1 N–H and O–H groups in total. The number of aliphatic carboxylic acids is 1. The van der Waals surface area contributed by atoms with E-state index >= 15 is 0 Å². The molecule has 5 rings (SSSR count). The zero-order chi connectivity index (χ0) is 25.4. The molecule has 3 heterocycles. The second-order valence-electron chi connectivity index (χ2n) is 10.5. The molecule has 0 aromatic heterocycles. The highest BCUT2D eigenvalue weighted by Crippen LogP contribution is 2.55. The number of para-hydroxylation sites is 2. The number of benzene rings is 2. The van der Waals surface area contributed by atoms with Crippen molar-refractivity contribution in [2.24, 2.45) is 11.8 Å². The van der Waals surface area contributed by atoms with Gasteiger partial charge in [0, 0.05) is 30.3 Å². The highest BCUT2D eigenvalue weighted by molar-refractivity contribution is 5.98. The zero-order valence-corrected chi connectivity index (χ0v) is 21.1. The Morgan fingerprint density at radius 1 is 1.17 bits per heavy atom. The summed E-state index contributed by atoms with van der Waals surface area (Å²) in [5.41, 5.74) is 1.21. The highest BCUT2D eigenvalue weighted by Gasteiger charge is 2.52. The van der Waals surface area contributed by atoms with Crippen LogP contribution in [0.25, 0.3) is 0 Å². The lowest BCUT2D eigenvalue weighted by Crippen LogP contribution is -2.56. The number of anilines is 1. The maximum atomic E-state index is 13.2. The average Bonchev–Trinajstić information content (AvgIpc) is 2.86. The molecular formula is C28H34N2O6. The van der Waals surface area contributed by atoms with E-state index in [-0.39, 0.29) is 43.0 Å². The number of carboxylic acid groups (broad SMARTS) is 1. The second-order valence-corrected chi connectivity index (χ2v) is 10.5. The SMILES string of the molecule is COc1cccc2c1OC(C)(C)[C@@H]1C[C@H]3CN(CC(=O)N(CC(=O)O)c4ccccc4)CC[C@H]3O[C@@H]21. The molecule has 3 aliphatic heterocycles. The molecule has 2 saturated heterocycles. The van der Waals surface area contributed by atoms with Crippen LogP contribution < -0.4 is 14.4 Å². The first-order chi connectivity index (χ1) is 17.3. The summed E-state index contributed by atoms with van der Waals surface area (Å²) in [5, 5.41) is 9.37. The van der Waals surface area contributed by atoms with Gasteiger partial charge < -0.3 is 24.2 Å². The van der Waals surface area contributed by atoms with Crippen LogP contribution in [-0.4, -0.2) is 66.9 Å². The number of amides is 1. The molecule has 192 valence electrons. The van der Waals surface area contributed by atoms with Gasteiger partial charge >= 0.3 is 5.97 Å². The molecule has 0 radical (unpaired) electrons. The third kappa shape index (κ3) is 4.67. The third-order valence-corrected chi connectivity index (χ3v) is 7.81. The summed E-state index contributed by atoms with van der Waals surface area (Å²) in [6, 6.07) is 15.0. The topological polar surface area (TPSA) is 88.5 Å². The molecule has 0 unspecified atom stereocenters. The number of piperidine rings is 1. The smallest absolute Gasteiger partial charge is 0.323 e. The first kappa shape index (κ1) is 24.6. The number of carboxylic acids is 1. The van der Waals surface area contributed by atoms with E-state index in [1.807, 2.05) is 18.2 Å². The van der Waals surface area contributed by atoms with Crippen LogP contribution in [0.4, 0.5) is 5.69 Å². The number of methoxy groups -OCH3 is 1. The number of hydrogen-bond acceptors (Lipinski definition) is 6. The van der Waals surface area contributed by atoms with E-state index in [0.29, 0.717) is 5.69 Å². The first-order valence-corrected chi connectivity index (χ1v) is 12.6. The average molecular weight is 495 g/mol. The lowest BCUT2D eigenvalue weighted by atomic mass is 9.70. The third-order valence-electron chi connectivity index (χ3n) is 7.81. The Balaban J connectivity index is 1.30. The molecule has 0 aliphatic carbocycles. The number of rotatable bonds is 6. The Morgan fingerprint density at radius 2 is 1.94 bits per heavy atom. The van der Waals surface area contributed by atoms with Crippen LogP contribution in [0.3, 0.4) is 0 Å². The predicted molar refractivity (Wildman–Crippen MR) is 134 cm³/mol. The van der Waals surface area contributed by atoms with Crippen molar-refractivity contribution in [3.63, 3.8) is 0 Å². The van der Waals surface area contributed by atoms with Gasteiger partial charge in [-0.25, -0.2) is 0 Å². The summed E-state index contributed by atoms with van der Waals surface area (Å²) in [6.45, 7) is 5.50. The molecule has 2 fully saturated rings. The summed E-state index contributed by atoms with van der Waals surface area (Å²) < 4.78 is 18.8. The van der Waals surface area contributed by atoms with E-state index < -0.39 is 11.6 Å². The molecule has 0 bridgehead atoms. The van der Waals surface area contributed by atoms with Crippen LogP contribution in [-0.2, 0) is 14.3 Å². The maximum Gasteiger partial charge on any atom is 0.323 e. The number of hydrogen-bond donors (Lipinski definition) is 1. The molecular weight excluding hydrogens is 460 g/mol. The van der Waals surface area contributed by atoms with Crippen LogP contribution >= 0.6 is 0 Å². The van der Waals surface area contributed by atoms with Gasteiger partial charge in [-0.3, -0.25) is 14.5 Å². The van der Waals surface area contributed by atoms with Crippen LogP contribution in [0.15, 0.2) is 48.5 Å². The minimum atomic E-state index is -1.03. The van der Waals surface area contributed by atoms with Crippen molar-refractivity contribution in [2.75, 3.05) is 38.2 Å². The Labute approximate surface area is 211 Å².